The lowest BCUT2D eigenvalue weighted by Gasteiger charge is -2.36. The lowest BCUT2D eigenvalue weighted by molar-refractivity contribution is 0.169. The monoisotopic (exact) mass is 569 g/mol. The van der Waals surface area contributed by atoms with Crippen molar-refractivity contribution in [3.63, 3.8) is 0 Å². The largest absolute Gasteiger partial charge is 0.497 e. The molecule has 1 aliphatic heterocycles. The number of hydrogen-bond acceptors (Lipinski definition) is 6. The summed E-state index contributed by atoms with van der Waals surface area (Å²) < 4.78 is 17.0. The molecule has 0 bridgehead atoms. The van der Waals surface area contributed by atoms with Crippen LogP contribution in [0.1, 0.15) is 42.7 Å². The molecule has 2 aromatic rings. The standard InChI is InChI=1S/C24H35N5O3.HI/c1-18-14-20(27-32-18)17-28-10-12-29(13-11-28)24(25-2)26-16-19-8-9-22(30-3)15-23(19)31-21-6-4-5-7-21;/h8-9,14-15,21H,4-7,10-13,16-17H2,1-3H3,(H,25,26);1H. The third kappa shape index (κ3) is 6.99. The van der Waals surface area contributed by atoms with Crippen LogP contribution in [0.3, 0.4) is 0 Å². The topological polar surface area (TPSA) is 75.4 Å². The Labute approximate surface area is 213 Å². The van der Waals surface area contributed by atoms with Gasteiger partial charge in [-0.3, -0.25) is 9.89 Å². The first-order chi connectivity index (χ1) is 15.6. The van der Waals surface area contributed by atoms with Gasteiger partial charge in [0, 0.05) is 64.0 Å². The fourth-order valence-electron chi connectivity index (χ4n) is 4.45. The Balaban J connectivity index is 0.00000306. The number of guanidine groups is 1. The summed E-state index contributed by atoms with van der Waals surface area (Å²) in [4.78, 5) is 9.24. The SMILES string of the molecule is CN=C(NCc1ccc(OC)cc1OC1CCCC1)N1CCN(Cc2cc(C)on2)CC1.I. The number of nitrogens with one attached hydrogen (secondary N) is 1. The first-order valence-electron chi connectivity index (χ1n) is 11.6. The molecule has 1 saturated heterocycles. The average Bonchev–Trinajstić information content (AvgIpc) is 3.47. The van der Waals surface area contributed by atoms with E-state index in [2.05, 4.69) is 31.3 Å². The molecule has 1 saturated carbocycles. The zero-order chi connectivity index (χ0) is 22.3. The van der Waals surface area contributed by atoms with Crippen molar-refractivity contribution < 1.29 is 14.0 Å². The molecule has 0 radical (unpaired) electrons. The highest BCUT2D eigenvalue weighted by atomic mass is 127. The van der Waals surface area contributed by atoms with Gasteiger partial charge in [0.1, 0.15) is 17.3 Å². The van der Waals surface area contributed by atoms with Gasteiger partial charge in [-0.25, -0.2) is 0 Å². The van der Waals surface area contributed by atoms with Crippen molar-refractivity contribution in [2.24, 2.45) is 4.99 Å². The van der Waals surface area contributed by atoms with Crippen molar-refractivity contribution in [3.8, 4) is 11.5 Å². The second kappa shape index (κ2) is 12.5. The van der Waals surface area contributed by atoms with Crippen molar-refractivity contribution in [1.29, 1.82) is 0 Å². The Hall–Kier alpha value is -2.01. The van der Waals surface area contributed by atoms with Gasteiger partial charge in [0.2, 0.25) is 0 Å². The number of hydrogen-bond donors (Lipinski definition) is 1. The van der Waals surface area contributed by atoms with Crippen molar-refractivity contribution in [2.75, 3.05) is 40.3 Å². The van der Waals surface area contributed by atoms with Crippen LogP contribution in [0.4, 0.5) is 0 Å². The zero-order valence-corrected chi connectivity index (χ0v) is 22.2. The maximum Gasteiger partial charge on any atom is 0.194 e. The molecule has 1 N–H and O–H groups in total. The number of aromatic nitrogens is 1. The molecule has 2 heterocycles. The zero-order valence-electron chi connectivity index (χ0n) is 19.9. The summed E-state index contributed by atoms with van der Waals surface area (Å²) in [5.41, 5.74) is 2.12. The molecule has 0 unspecified atom stereocenters. The number of halogens is 1. The van der Waals surface area contributed by atoms with E-state index in [-0.39, 0.29) is 24.0 Å². The third-order valence-electron chi connectivity index (χ3n) is 6.25. The first kappa shape index (κ1) is 25.6. The van der Waals surface area contributed by atoms with E-state index in [1.165, 1.54) is 12.8 Å². The number of aliphatic imine (C=N–C) groups is 1. The van der Waals surface area contributed by atoms with Crippen LogP contribution in [0.5, 0.6) is 11.5 Å². The number of ether oxygens (including phenoxy) is 2. The van der Waals surface area contributed by atoms with E-state index >= 15 is 0 Å². The van der Waals surface area contributed by atoms with Crippen molar-refractivity contribution in [1.82, 2.24) is 20.3 Å². The highest BCUT2D eigenvalue weighted by Crippen LogP contribution is 2.30. The number of methoxy groups -OCH3 is 1. The molecule has 2 aliphatic rings. The molecule has 1 aromatic heterocycles. The van der Waals surface area contributed by atoms with E-state index in [0.717, 1.165) is 80.0 Å². The van der Waals surface area contributed by atoms with Crippen LogP contribution in [0.2, 0.25) is 0 Å². The maximum atomic E-state index is 6.34. The normalized spacial score (nSPS) is 17.7. The van der Waals surface area contributed by atoms with Gasteiger partial charge in [0.25, 0.3) is 0 Å². The van der Waals surface area contributed by atoms with Gasteiger partial charge in [-0.15, -0.1) is 24.0 Å². The van der Waals surface area contributed by atoms with Crippen LogP contribution in [0.15, 0.2) is 33.8 Å². The van der Waals surface area contributed by atoms with Crippen LogP contribution >= 0.6 is 24.0 Å². The van der Waals surface area contributed by atoms with E-state index in [0.29, 0.717) is 12.6 Å². The van der Waals surface area contributed by atoms with Crippen molar-refractivity contribution in [2.45, 2.75) is 51.8 Å². The molecule has 1 aromatic carbocycles. The van der Waals surface area contributed by atoms with Gasteiger partial charge in [-0.2, -0.15) is 0 Å². The van der Waals surface area contributed by atoms with Gasteiger partial charge >= 0.3 is 0 Å². The van der Waals surface area contributed by atoms with Gasteiger partial charge in [-0.1, -0.05) is 5.16 Å². The highest BCUT2D eigenvalue weighted by Gasteiger charge is 2.22. The summed E-state index contributed by atoms with van der Waals surface area (Å²) in [5, 5.41) is 7.65. The number of rotatable bonds is 7. The number of nitrogens with zero attached hydrogens (tertiary/aromatic N) is 4. The lowest BCUT2D eigenvalue weighted by atomic mass is 10.1. The van der Waals surface area contributed by atoms with Crippen LogP contribution < -0.4 is 14.8 Å². The van der Waals surface area contributed by atoms with Gasteiger partial charge < -0.3 is 24.2 Å². The molecule has 0 amide bonds. The minimum atomic E-state index is 0. The molecular weight excluding hydrogens is 533 g/mol. The first-order valence-corrected chi connectivity index (χ1v) is 11.6. The summed E-state index contributed by atoms with van der Waals surface area (Å²) >= 11 is 0. The summed E-state index contributed by atoms with van der Waals surface area (Å²) in [6.07, 6.45) is 5.06. The van der Waals surface area contributed by atoms with Crippen LogP contribution in [-0.2, 0) is 13.1 Å². The lowest BCUT2D eigenvalue weighted by Crippen LogP contribution is -2.52. The van der Waals surface area contributed by atoms with Crippen LogP contribution in [0, 0.1) is 6.92 Å². The van der Waals surface area contributed by atoms with Crippen molar-refractivity contribution in [3.05, 3.63) is 41.3 Å². The number of piperazine rings is 1. The molecule has 33 heavy (non-hydrogen) atoms. The second-order valence-electron chi connectivity index (χ2n) is 8.59. The fourth-order valence-corrected chi connectivity index (χ4v) is 4.45. The van der Waals surface area contributed by atoms with E-state index < -0.39 is 0 Å². The maximum absolute atomic E-state index is 6.34. The Morgan fingerprint density at radius 2 is 1.94 bits per heavy atom. The Morgan fingerprint density at radius 1 is 1.18 bits per heavy atom. The number of aryl methyl sites for hydroxylation is 1. The molecule has 0 spiro atoms. The minimum Gasteiger partial charge on any atom is -0.497 e. The highest BCUT2D eigenvalue weighted by molar-refractivity contribution is 14.0. The summed E-state index contributed by atoms with van der Waals surface area (Å²) in [5.74, 6) is 3.51. The summed E-state index contributed by atoms with van der Waals surface area (Å²) in [6, 6.07) is 8.09. The predicted octanol–water partition coefficient (Wildman–Crippen LogP) is 3.82. The molecule has 2 fully saturated rings. The summed E-state index contributed by atoms with van der Waals surface area (Å²) in [7, 11) is 3.54. The van der Waals surface area contributed by atoms with Gasteiger partial charge in [0.05, 0.1) is 18.9 Å². The van der Waals surface area contributed by atoms with Gasteiger partial charge in [-0.05, 0) is 44.7 Å². The Bertz CT molecular complexity index is 905. The predicted molar refractivity (Wildman–Crippen MR) is 140 cm³/mol. The minimum absolute atomic E-state index is 0. The summed E-state index contributed by atoms with van der Waals surface area (Å²) in [6.45, 7) is 7.19. The third-order valence-corrected chi connectivity index (χ3v) is 6.25. The molecular formula is C24H36IN5O3. The quantitative estimate of drug-likeness (QED) is 0.309. The number of benzene rings is 1. The smallest absolute Gasteiger partial charge is 0.194 e. The fraction of sp³-hybridized carbons (Fsp3) is 0.583. The van der Waals surface area contributed by atoms with E-state index in [1.54, 1.807) is 7.11 Å². The Kier molecular flexibility index (Phi) is 9.66. The molecule has 4 rings (SSSR count). The molecule has 8 nitrogen and oxygen atoms in total. The molecule has 9 heteroatoms. The van der Waals surface area contributed by atoms with Crippen LogP contribution in [-0.4, -0.2) is 67.4 Å². The molecule has 1 aliphatic carbocycles. The van der Waals surface area contributed by atoms with Crippen LogP contribution in [0.25, 0.3) is 0 Å². The molecule has 0 atom stereocenters. The van der Waals surface area contributed by atoms with Crippen molar-refractivity contribution >= 4 is 29.9 Å². The van der Waals surface area contributed by atoms with E-state index in [4.69, 9.17) is 14.0 Å². The molecule has 182 valence electrons. The van der Waals surface area contributed by atoms with E-state index in [9.17, 15) is 0 Å². The Morgan fingerprint density at radius 3 is 2.58 bits per heavy atom. The average molecular weight is 569 g/mol. The van der Waals surface area contributed by atoms with Gasteiger partial charge in [0.15, 0.2) is 5.96 Å². The van der Waals surface area contributed by atoms with E-state index in [1.807, 2.05) is 32.2 Å². The second-order valence-corrected chi connectivity index (χ2v) is 8.59.